The van der Waals surface area contributed by atoms with Gasteiger partial charge in [-0.25, -0.2) is 0 Å². The van der Waals surface area contributed by atoms with Gasteiger partial charge in [0.05, 0.1) is 0 Å². The second kappa shape index (κ2) is 7.17. The lowest BCUT2D eigenvalue weighted by Crippen LogP contribution is -2.34. The molecule has 0 radical (unpaired) electrons. The molecule has 0 aromatic heterocycles. The van der Waals surface area contributed by atoms with Crippen molar-refractivity contribution >= 4 is 5.91 Å². The number of carbonyl (C=O) groups is 1. The predicted molar refractivity (Wildman–Crippen MR) is 73.3 cm³/mol. The highest BCUT2D eigenvalue weighted by Crippen LogP contribution is 2.17. The van der Waals surface area contributed by atoms with Crippen LogP contribution >= 0.6 is 0 Å². The second-order valence-electron chi connectivity index (χ2n) is 5.40. The van der Waals surface area contributed by atoms with E-state index in [1.54, 1.807) is 0 Å². The third-order valence-corrected chi connectivity index (χ3v) is 3.04. The normalized spacial score (nSPS) is 11.3. The molecular weight excluding hydrogens is 226 g/mol. The van der Waals surface area contributed by atoms with Gasteiger partial charge in [-0.15, -0.1) is 0 Å². The minimum Gasteiger partial charge on any atom is -0.396 e. The summed E-state index contributed by atoms with van der Waals surface area (Å²) in [5, 5.41) is 11.8. The van der Waals surface area contributed by atoms with Crippen molar-refractivity contribution in [3.63, 3.8) is 0 Å². The van der Waals surface area contributed by atoms with E-state index < -0.39 is 0 Å². The summed E-state index contributed by atoms with van der Waals surface area (Å²) in [6, 6.07) is 10.0. The maximum atomic E-state index is 11.7. The standard InChI is InChI=1S/C15H23NO2/c1-15(2,10-11-17)12-16-14(18)9-8-13-6-4-3-5-7-13/h3-7,17H,8-12H2,1-2H3,(H,16,18). The predicted octanol–water partition coefficient (Wildman–Crippen LogP) is 2.14. The van der Waals surface area contributed by atoms with Crippen molar-refractivity contribution < 1.29 is 9.90 Å². The Bertz CT molecular complexity index is 360. The molecule has 0 fully saturated rings. The van der Waals surface area contributed by atoms with E-state index in [2.05, 4.69) is 5.32 Å². The largest absolute Gasteiger partial charge is 0.396 e. The number of rotatable bonds is 7. The fraction of sp³-hybridized carbons (Fsp3) is 0.533. The van der Waals surface area contributed by atoms with Gasteiger partial charge >= 0.3 is 0 Å². The van der Waals surface area contributed by atoms with Crippen LogP contribution < -0.4 is 5.32 Å². The second-order valence-corrected chi connectivity index (χ2v) is 5.40. The number of aryl methyl sites for hydroxylation is 1. The van der Waals surface area contributed by atoms with E-state index in [1.165, 1.54) is 5.56 Å². The summed E-state index contributed by atoms with van der Waals surface area (Å²) < 4.78 is 0. The molecule has 0 aliphatic rings. The van der Waals surface area contributed by atoms with Crippen LogP contribution in [0.25, 0.3) is 0 Å². The highest BCUT2D eigenvalue weighted by atomic mass is 16.3. The van der Waals surface area contributed by atoms with Gasteiger partial charge in [0, 0.05) is 19.6 Å². The molecule has 1 aromatic rings. The molecule has 0 aliphatic carbocycles. The molecule has 3 heteroatoms. The Morgan fingerprint density at radius 2 is 1.94 bits per heavy atom. The van der Waals surface area contributed by atoms with Gasteiger partial charge in [0.25, 0.3) is 0 Å². The summed E-state index contributed by atoms with van der Waals surface area (Å²) >= 11 is 0. The first kappa shape index (κ1) is 14.7. The minimum absolute atomic E-state index is 0.0445. The van der Waals surface area contributed by atoms with Gasteiger partial charge in [-0.2, -0.15) is 0 Å². The molecule has 1 aromatic carbocycles. The topological polar surface area (TPSA) is 49.3 Å². The first-order valence-corrected chi connectivity index (χ1v) is 6.45. The maximum Gasteiger partial charge on any atom is 0.220 e. The molecule has 0 bridgehead atoms. The van der Waals surface area contributed by atoms with Crippen molar-refractivity contribution in [3.05, 3.63) is 35.9 Å². The van der Waals surface area contributed by atoms with Gasteiger partial charge < -0.3 is 10.4 Å². The number of hydrogen-bond donors (Lipinski definition) is 2. The molecule has 18 heavy (non-hydrogen) atoms. The summed E-state index contributed by atoms with van der Waals surface area (Å²) in [5.74, 6) is 0.0740. The molecule has 0 unspecified atom stereocenters. The summed E-state index contributed by atoms with van der Waals surface area (Å²) in [6.07, 6.45) is 1.98. The van der Waals surface area contributed by atoms with E-state index in [0.717, 1.165) is 6.42 Å². The van der Waals surface area contributed by atoms with Gasteiger partial charge in [-0.3, -0.25) is 4.79 Å². The van der Waals surface area contributed by atoms with Crippen LogP contribution in [0.4, 0.5) is 0 Å². The summed E-state index contributed by atoms with van der Waals surface area (Å²) in [5.41, 5.74) is 1.14. The zero-order valence-corrected chi connectivity index (χ0v) is 11.3. The van der Waals surface area contributed by atoms with Crippen LogP contribution in [-0.2, 0) is 11.2 Å². The Labute approximate surface area is 109 Å². The third kappa shape index (κ3) is 5.82. The van der Waals surface area contributed by atoms with Crippen LogP contribution in [0.5, 0.6) is 0 Å². The number of benzene rings is 1. The van der Waals surface area contributed by atoms with Crippen LogP contribution in [0.1, 0.15) is 32.3 Å². The average molecular weight is 249 g/mol. The molecule has 0 aliphatic heterocycles. The van der Waals surface area contributed by atoms with Gasteiger partial charge in [0.1, 0.15) is 0 Å². The smallest absolute Gasteiger partial charge is 0.220 e. The van der Waals surface area contributed by atoms with E-state index in [0.29, 0.717) is 19.4 Å². The van der Waals surface area contributed by atoms with Crippen molar-refractivity contribution in [1.82, 2.24) is 5.32 Å². The lowest BCUT2D eigenvalue weighted by molar-refractivity contribution is -0.121. The molecule has 1 amide bonds. The lowest BCUT2D eigenvalue weighted by Gasteiger charge is -2.23. The average Bonchev–Trinajstić information content (AvgIpc) is 2.35. The van der Waals surface area contributed by atoms with Crippen LogP contribution in [0.15, 0.2) is 30.3 Å². The summed E-state index contributed by atoms with van der Waals surface area (Å²) in [6.45, 7) is 4.86. The molecule has 2 N–H and O–H groups in total. The van der Waals surface area contributed by atoms with E-state index in [-0.39, 0.29) is 17.9 Å². The van der Waals surface area contributed by atoms with Crippen molar-refractivity contribution in [1.29, 1.82) is 0 Å². The Morgan fingerprint density at radius 1 is 1.28 bits per heavy atom. The van der Waals surface area contributed by atoms with Gasteiger partial charge in [0.15, 0.2) is 0 Å². The first-order chi connectivity index (χ1) is 8.53. The number of hydrogen-bond acceptors (Lipinski definition) is 2. The fourth-order valence-electron chi connectivity index (χ4n) is 1.72. The first-order valence-electron chi connectivity index (χ1n) is 6.45. The van der Waals surface area contributed by atoms with E-state index in [1.807, 2.05) is 44.2 Å². The maximum absolute atomic E-state index is 11.7. The number of aliphatic hydroxyl groups excluding tert-OH is 1. The Balaban J connectivity index is 2.26. The molecule has 100 valence electrons. The van der Waals surface area contributed by atoms with Gasteiger partial charge in [-0.05, 0) is 23.8 Å². The third-order valence-electron chi connectivity index (χ3n) is 3.04. The van der Waals surface area contributed by atoms with E-state index in [4.69, 9.17) is 5.11 Å². The summed E-state index contributed by atoms with van der Waals surface area (Å²) in [4.78, 5) is 11.7. The number of carbonyl (C=O) groups excluding carboxylic acids is 1. The molecular formula is C15H23NO2. The monoisotopic (exact) mass is 249 g/mol. The number of aliphatic hydroxyl groups is 1. The molecule has 0 saturated heterocycles. The Kier molecular flexibility index (Phi) is 5.86. The lowest BCUT2D eigenvalue weighted by atomic mass is 9.90. The highest BCUT2D eigenvalue weighted by Gasteiger charge is 2.17. The van der Waals surface area contributed by atoms with Crippen molar-refractivity contribution in [2.24, 2.45) is 5.41 Å². The van der Waals surface area contributed by atoms with Crippen LogP contribution in [0.3, 0.4) is 0 Å². The van der Waals surface area contributed by atoms with Crippen molar-refractivity contribution in [2.45, 2.75) is 33.1 Å². The van der Waals surface area contributed by atoms with E-state index >= 15 is 0 Å². The highest BCUT2D eigenvalue weighted by molar-refractivity contribution is 5.76. The van der Waals surface area contributed by atoms with Crippen LogP contribution in [0, 0.1) is 5.41 Å². The number of amides is 1. The Morgan fingerprint density at radius 3 is 2.56 bits per heavy atom. The SMILES string of the molecule is CC(C)(CCO)CNC(=O)CCc1ccccc1. The molecule has 0 spiro atoms. The molecule has 0 saturated carbocycles. The zero-order chi connectivity index (χ0) is 13.4. The Hall–Kier alpha value is -1.35. The number of nitrogens with one attached hydrogen (secondary N) is 1. The molecule has 0 atom stereocenters. The quantitative estimate of drug-likeness (QED) is 0.778. The minimum atomic E-state index is -0.0445. The zero-order valence-electron chi connectivity index (χ0n) is 11.3. The van der Waals surface area contributed by atoms with Crippen LogP contribution in [-0.4, -0.2) is 24.2 Å². The summed E-state index contributed by atoms with van der Waals surface area (Å²) in [7, 11) is 0. The van der Waals surface area contributed by atoms with Gasteiger partial charge in [0.2, 0.25) is 5.91 Å². The molecule has 0 heterocycles. The molecule has 3 nitrogen and oxygen atoms in total. The van der Waals surface area contributed by atoms with Crippen LogP contribution in [0.2, 0.25) is 0 Å². The van der Waals surface area contributed by atoms with E-state index in [9.17, 15) is 4.79 Å². The van der Waals surface area contributed by atoms with Crippen molar-refractivity contribution in [2.75, 3.05) is 13.2 Å². The molecule has 1 rings (SSSR count). The van der Waals surface area contributed by atoms with Crippen molar-refractivity contribution in [3.8, 4) is 0 Å². The fourth-order valence-corrected chi connectivity index (χ4v) is 1.72. The van der Waals surface area contributed by atoms with Gasteiger partial charge in [-0.1, -0.05) is 44.2 Å².